The summed E-state index contributed by atoms with van der Waals surface area (Å²) < 4.78 is 11.1. The van der Waals surface area contributed by atoms with E-state index < -0.39 is 6.09 Å². The van der Waals surface area contributed by atoms with Crippen molar-refractivity contribution in [3.05, 3.63) is 42.6 Å². The Morgan fingerprint density at radius 2 is 1.73 bits per heavy atom. The van der Waals surface area contributed by atoms with Gasteiger partial charge in [0.2, 0.25) is 0 Å². The lowest BCUT2D eigenvalue weighted by molar-refractivity contribution is 0.0599. The van der Waals surface area contributed by atoms with Gasteiger partial charge in [-0.15, -0.1) is 24.8 Å². The SMILES string of the molecule is Cl.Cl.O=C(OCCOCCN1CCCCC1)N1c2ccccc2Sc2cccnc21. The van der Waals surface area contributed by atoms with Gasteiger partial charge >= 0.3 is 6.09 Å². The van der Waals surface area contributed by atoms with Crippen LogP contribution < -0.4 is 4.90 Å². The van der Waals surface area contributed by atoms with E-state index in [1.54, 1.807) is 22.9 Å². The molecule has 0 N–H and O–H groups in total. The number of likely N-dealkylation sites (tertiary alicyclic amines) is 1. The summed E-state index contributed by atoms with van der Waals surface area (Å²) >= 11 is 1.61. The van der Waals surface area contributed by atoms with Crippen LogP contribution in [0.5, 0.6) is 0 Å². The molecule has 1 saturated heterocycles. The van der Waals surface area contributed by atoms with Crippen LogP contribution in [0.25, 0.3) is 0 Å². The lowest BCUT2D eigenvalue weighted by Crippen LogP contribution is -2.33. The Kier molecular flexibility index (Phi) is 10.2. The van der Waals surface area contributed by atoms with E-state index in [1.807, 2.05) is 36.4 Å². The third kappa shape index (κ3) is 6.02. The molecule has 1 aromatic carbocycles. The molecule has 9 heteroatoms. The van der Waals surface area contributed by atoms with Gasteiger partial charge in [0.25, 0.3) is 0 Å². The van der Waals surface area contributed by atoms with Gasteiger partial charge in [0, 0.05) is 17.6 Å². The largest absolute Gasteiger partial charge is 0.446 e. The second-order valence-corrected chi connectivity index (χ2v) is 7.94. The monoisotopic (exact) mass is 471 g/mol. The number of para-hydroxylation sites is 1. The van der Waals surface area contributed by atoms with Crippen molar-refractivity contribution in [2.24, 2.45) is 0 Å². The second-order valence-electron chi connectivity index (χ2n) is 6.86. The van der Waals surface area contributed by atoms with Gasteiger partial charge in [0.1, 0.15) is 6.61 Å². The number of aromatic nitrogens is 1. The standard InChI is InChI=1S/C21H25N3O3S.2ClH/c25-21(27-16-15-26-14-13-23-11-4-1-5-12-23)24-17-7-2-3-8-18(17)28-19-9-6-10-22-20(19)24;;/h2-3,6-10H,1,4-5,11-16H2;2*1H. The number of rotatable bonds is 6. The Morgan fingerprint density at radius 3 is 2.57 bits per heavy atom. The predicted octanol–water partition coefficient (Wildman–Crippen LogP) is 5.17. The van der Waals surface area contributed by atoms with Crippen LogP contribution >= 0.6 is 36.6 Å². The zero-order valence-corrected chi connectivity index (χ0v) is 19.1. The van der Waals surface area contributed by atoms with Gasteiger partial charge in [-0.25, -0.2) is 14.7 Å². The lowest BCUT2D eigenvalue weighted by atomic mass is 10.1. The Balaban J connectivity index is 0.00000160. The fourth-order valence-corrected chi connectivity index (χ4v) is 4.54. The minimum atomic E-state index is -0.424. The summed E-state index contributed by atoms with van der Waals surface area (Å²) in [5, 5.41) is 0. The van der Waals surface area contributed by atoms with Gasteiger partial charge in [-0.2, -0.15) is 0 Å². The molecule has 0 saturated carbocycles. The third-order valence-corrected chi connectivity index (χ3v) is 6.03. The summed E-state index contributed by atoms with van der Waals surface area (Å²) in [6.45, 7) is 4.58. The Labute approximate surface area is 194 Å². The highest BCUT2D eigenvalue weighted by molar-refractivity contribution is 7.99. The summed E-state index contributed by atoms with van der Waals surface area (Å²) in [5.41, 5.74) is 0.801. The molecule has 0 atom stereocenters. The molecule has 2 aromatic rings. The zero-order chi connectivity index (χ0) is 19.2. The van der Waals surface area contributed by atoms with Crippen molar-refractivity contribution in [3.8, 4) is 0 Å². The number of benzene rings is 1. The highest BCUT2D eigenvalue weighted by Crippen LogP contribution is 2.46. The number of pyridine rings is 1. The smallest absolute Gasteiger partial charge is 0.420 e. The number of carbonyl (C=O) groups excluding carboxylic acids is 1. The quantitative estimate of drug-likeness (QED) is 0.541. The first-order valence-corrected chi connectivity index (χ1v) is 10.6. The number of fused-ring (bicyclic) bond motifs is 2. The third-order valence-electron chi connectivity index (χ3n) is 4.93. The molecular formula is C21H27Cl2N3O3S. The van der Waals surface area contributed by atoms with Crippen molar-refractivity contribution in [1.29, 1.82) is 0 Å². The number of nitrogens with zero attached hydrogens (tertiary/aromatic N) is 3. The van der Waals surface area contributed by atoms with Crippen molar-refractivity contribution in [1.82, 2.24) is 9.88 Å². The number of hydrogen-bond donors (Lipinski definition) is 0. The number of piperidine rings is 1. The van der Waals surface area contributed by atoms with E-state index in [0.717, 1.165) is 35.1 Å². The number of amides is 1. The predicted molar refractivity (Wildman–Crippen MR) is 124 cm³/mol. The fourth-order valence-electron chi connectivity index (χ4n) is 3.51. The molecule has 2 aliphatic heterocycles. The van der Waals surface area contributed by atoms with E-state index in [0.29, 0.717) is 19.0 Å². The molecule has 2 aliphatic rings. The number of halogens is 2. The van der Waals surface area contributed by atoms with Crippen molar-refractivity contribution < 1.29 is 14.3 Å². The van der Waals surface area contributed by atoms with Gasteiger partial charge < -0.3 is 14.4 Å². The summed E-state index contributed by atoms with van der Waals surface area (Å²) in [6, 6.07) is 11.6. The molecule has 1 fully saturated rings. The highest BCUT2D eigenvalue weighted by atomic mass is 35.5. The van der Waals surface area contributed by atoms with E-state index in [2.05, 4.69) is 9.88 Å². The molecule has 1 amide bonds. The van der Waals surface area contributed by atoms with Crippen LogP contribution in [0, 0.1) is 0 Å². The van der Waals surface area contributed by atoms with Crippen LogP contribution in [-0.2, 0) is 9.47 Å². The summed E-state index contributed by atoms with van der Waals surface area (Å²) in [4.78, 5) is 23.1. The van der Waals surface area contributed by atoms with E-state index in [9.17, 15) is 4.79 Å². The maximum atomic E-state index is 12.8. The van der Waals surface area contributed by atoms with Gasteiger partial charge in [0.05, 0.1) is 23.8 Å². The number of ether oxygens (including phenoxy) is 2. The molecule has 0 bridgehead atoms. The Bertz CT molecular complexity index is 776. The second kappa shape index (κ2) is 12.4. The van der Waals surface area contributed by atoms with Crippen LogP contribution in [0.3, 0.4) is 0 Å². The molecule has 0 radical (unpaired) electrons. The summed E-state index contributed by atoms with van der Waals surface area (Å²) in [6.07, 6.45) is 5.17. The Hall–Kier alpha value is -1.51. The summed E-state index contributed by atoms with van der Waals surface area (Å²) in [5.74, 6) is 0.613. The van der Waals surface area contributed by atoms with Gasteiger partial charge in [-0.3, -0.25) is 0 Å². The highest BCUT2D eigenvalue weighted by Gasteiger charge is 2.30. The van der Waals surface area contributed by atoms with Crippen LogP contribution in [0.15, 0.2) is 52.4 Å². The molecule has 1 aromatic heterocycles. The first-order chi connectivity index (χ1) is 13.8. The van der Waals surface area contributed by atoms with Crippen LogP contribution in [-0.4, -0.2) is 55.4 Å². The molecule has 30 heavy (non-hydrogen) atoms. The van der Waals surface area contributed by atoms with E-state index in [4.69, 9.17) is 9.47 Å². The number of hydrogen-bond acceptors (Lipinski definition) is 6. The maximum absolute atomic E-state index is 12.8. The van der Waals surface area contributed by atoms with Gasteiger partial charge in [-0.1, -0.05) is 30.3 Å². The first kappa shape index (κ1) is 24.8. The normalized spacial score (nSPS) is 15.3. The van der Waals surface area contributed by atoms with Crippen LogP contribution in [0.2, 0.25) is 0 Å². The van der Waals surface area contributed by atoms with Crippen molar-refractivity contribution in [2.45, 2.75) is 29.1 Å². The van der Waals surface area contributed by atoms with E-state index >= 15 is 0 Å². The molecule has 0 aliphatic carbocycles. The minimum absolute atomic E-state index is 0. The fraction of sp³-hybridized carbons (Fsp3) is 0.429. The van der Waals surface area contributed by atoms with Crippen molar-refractivity contribution in [3.63, 3.8) is 0 Å². The Morgan fingerprint density at radius 1 is 0.967 bits per heavy atom. The number of carbonyl (C=O) groups is 1. The average Bonchev–Trinajstić information content (AvgIpc) is 2.75. The van der Waals surface area contributed by atoms with E-state index in [1.165, 1.54) is 19.3 Å². The maximum Gasteiger partial charge on any atom is 0.420 e. The molecule has 0 unspecified atom stereocenters. The van der Waals surface area contributed by atoms with Crippen molar-refractivity contribution >= 4 is 54.2 Å². The van der Waals surface area contributed by atoms with E-state index in [-0.39, 0.29) is 31.4 Å². The minimum Gasteiger partial charge on any atom is -0.446 e. The lowest BCUT2D eigenvalue weighted by Gasteiger charge is -2.29. The molecular weight excluding hydrogens is 445 g/mol. The molecule has 164 valence electrons. The average molecular weight is 472 g/mol. The first-order valence-electron chi connectivity index (χ1n) is 9.82. The molecule has 0 spiro atoms. The molecule has 6 nitrogen and oxygen atoms in total. The van der Waals surface area contributed by atoms with Gasteiger partial charge in [0.15, 0.2) is 5.82 Å². The summed E-state index contributed by atoms with van der Waals surface area (Å²) in [7, 11) is 0. The molecule has 4 rings (SSSR count). The zero-order valence-electron chi connectivity index (χ0n) is 16.7. The number of anilines is 2. The molecule has 3 heterocycles. The van der Waals surface area contributed by atoms with Gasteiger partial charge in [-0.05, 0) is 50.2 Å². The topological polar surface area (TPSA) is 54.9 Å². The van der Waals surface area contributed by atoms with Crippen molar-refractivity contribution in [2.75, 3.05) is 44.4 Å². The van der Waals surface area contributed by atoms with Crippen LogP contribution in [0.4, 0.5) is 16.3 Å². The van der Waals surface area contributed by atoms with Crippen LogP contribution in [0.1, 0.15) is 19.3 Å².